The molecule has 0 N–H and O–H groups in total. The van der Waals surface area contributed by atoms with E-state index in [1.54, 1.807) is 43.5 Å². The summed E-state index contributed by atoms with van der Waals surface area (Å²) in [7, 11) is 3.08. The SMILES string of the molecule is COc1cc(OC)c2cc(-c3cccc(-c4cc5c(ccc6ccccc65)oc4=O)c3)c(=O)oc2c1. The molecule has 6 rings (SSSR count). The molecule has 0 aliphatic carbocycles. The van der Waals surface area contributed by atoms with Crippen LogP contribution in [0.4, 0.5) is 0 Å². The van der Waals surface area contributed by atoms with Crippen molar-refractivity contribution in [3.05, 3.63) is 106 Å². The fourth-order valence-corrected chi connectivity index (χ4v) is 4.58. The van der Waals surface area contributed by atoms with Gasteiger partial charge in [-0.1, -0.05) is 48.5 Å². The fourth-order valence-electron chi connectivity index (χ4n) is 4.58. The van der Waals surface area contributed by atoms with Crippen molar-refractivity contribution in [2.24, 2.45) is 0 Å². The molecule has 176 valence electrons. The van der Waals surface area contributed by atoms with E-state index in [0.29, 0.717) is 50.3 Å². The Labute approximate surface area is 204 Å². The Morgan fingerprint density at radius 1 is 0.583 bits per heavy atom. The second kappa shape index (κ2) is 8.43. The molecule has 0 aliphatic rings. The van der Waals surface area contributed by atoms with Crippen molar-refractivity contribution in [1.29, 1.82) is 0 Å². The molecule has 0 saturated heterocycles. The minimum Gasteiger partial charge on any atom is -0.496 e. The standard InChI is InChI=1S/C30H20O6/c1-33-20-13-27(34-2)25-16-23(30(32)36-28(25)14-20)19-8-5-7-18(12-19)22-15-24-21-9-4-3-6-17(21)10-11-26(24)35-29(22)31/h3-16H,1-2H3. The molecule has 0 bridgehead atoms. The Bertz CT molecular complexity index is 1910. The first-order chi connectivity index (χ1) is 17.6. The van der Waals surface area contributed by atoms with Gasteiger partial charge in [0.25, 0.3) is 0 Å². The Hall–Kier alpha value is -4.84. The minimum atomic E-state index is -0.508. The lowest BCUT2D eigenvalue weighted by Gasteiger charge is -2.10. The van der Waals surface area contributed by atoms with Gasteiger partial charge in [0, 0.05) is 17.5 Å². The zero-order chi connectivity index (χ0) is 24.8. The monoisotopic (exact) mass is 476 g/mol. The highest BCUT2D eigenvalue weighted by atomic mass is 16.5. The lowest BCUT2D eigenvalue weighted by molar-refractivity contribution is 0.396. The van der Waals surface area contributed by atoms with Crippen LogP contribution in [0.25, 0.3) is 55.0 Å². The Morgan fingerprint density at radius 3 is 2.00 bits per heavy atom. The highest BCUT2D eigenvalue weighted by molar-refractivity contribution is 6.06. The topological polar surface area (TPSA) is 78.9 Å². The van der Waals surface area contributed by atoms with Crippen LogP contribution in [-0.2, 0) is 0 Å². The lowest BCUT2D eigenvalue weighted by atomic mass is 9.98. The van der Waals surface area contributed by atoms with Crippen LogP contribution in [0, 0.1) is 0 Å². The Kier molecular flexibility index (Phi) is 5.08. The second-order valence-corrected chi connectivity index (χ2v) is 8.42. The maximum atomic E-state index is 12.9. The van der Waals surface area contributed by atoms with Gasteiger partial charge in [0.05, 0.1) is 30.7 Å². The van der Waals surface area contributed by atoms with Crippen LogP contribution in [0.3, 0.4) is 0 Å². The van der Waals surface area contributed by atoms with Crippen molar-refractivity contribution in [1.82, 2.24) is 0 Å². The molecule has 2 heterocycles. The van der Waals surface area contributed by atoms with Gasteiger partial charge >= 0.3 is 11.3 Å². The number of hydrogen-bond donors (Lipinski definition) is 0. The first-order valence-electron chi connectivity index (χ1n) is 11.3. The maximum absolute atomic E-state index is 12.9. The van der Waals surface area contributed by atoms with Gasteiger partial charge in [-0.25, -0.2) is 9.59 Å². The van der Waals surface area contributed by atoms with Gasteiger partial charge in [-0.15, -0.1) is 0 Å². The summed E-state index contributed by atoms with van der Waals surface area (Å²) in [6, 6.07) is 25.8. The molecule has 0 atom stereocenters. The number of ether oxygens (including phenoxy) is 2. The molecule has 6 aromatic rings. The molecule has 6 nitrogen and oxygen atoms in total. The number of methoxy groups -OCH3 is 2. The number of hydrogen-bond acceptors (Lipinski definition) is 6. The van der Waals surface area contributed by atoms with E-state index in [9.17, 15) is 9.59 Å². The summed E-state index contributed by atoms with van der Waals surface area (Å²) in [6.45, 7) is 0. The van der Waals surface area contributed by atoms with Crippen molar-refractivity contribution in [2.75, 3.05) is 14.2 Å². The first kappa shape index (κ1) is 21.7. The van der Waals surface area contributed by atoms with E-state index in [4.69, 9.17) is 18.3 Å². The van der Waals surface area contributed by atoms with Gasteiger partial charge in [0.1, 0.15) is 22.7 Å². The molecule has 36 heavy (non-hydrogen) atoms. The van der Waals surface area contributed by atoms with Crippen LogP contribution < -0.4 is 20.7 Å². The van der Waals surface area contributed by atoms with Crippen LogP contribution in [-0.4, -0.2) is 14.2 Å². The van der Waals surface area contributed by atoms with E-state index in [1.807, 2.05) is 48.5 Å². The zero-order valence-corrected chi connectivity index (χ0v) is 19.5. The van der Waals surface area contributed by atoms with E-state index >= 15 is 0 Å². The van der Waals surface area contributed by atoms with Crippen LogP contribution >= 0.6 is 0 Å². The third-order valence-corrected chi connectivity index (χ3v) is 6.37. The largest absolute Gasteiger partial charge is 0.496 e. The molecule has 2 aromatic heterocycles. The molecule has 6 heteroatoms. The molecule has 4 aromatic carbocycles. The van der Waals surface area contributed by atoms with Crippen LogP contribution in [0.1, 0.15) is 0 Å². The minimum absolute atomic E-state index is 0.350. The summed E-state index contributed by atoms with van der Waals surface area (Å²) < 4.78 is 22.0. The van der Waals surface area contributed by atoms with Crippen molar-refractivity contribution >= 4 is 32.7 Å². The average Bonchev–Trinajstić information content (AvgIpc) is 2.91. The summed E-state index contributed by atoms with van der Waals surface area (Å²) in [5.74, 6) is 1.04. The predicted molar refractivity (Wildman–Crippen MR) is 140 cm³/mol. The van der Waals surface area contributed by atoms with E-state index < -0.39 is 11.3 Å². The van der Waals surface area contributed by atoms with E-state index in [-0.39, 0.29) is 0 Å². The second-order valence-electron chi connectivity index (χ2n) is 8.42. The molecule has 0 fully saturated rings. The molecule has 0 unspecified atom stereocenters. The molecular formula is C30H20O6. The number of fused-ring (bicyclic) bond motifs is 4. The van der Waals surface area contributed by atoms with Gasteiger partial charge in [-0.05, 0) is 46.2 Å². The first-order valence-corrected chi connectivity index (χ1v) is 11.3. The maximum Gasteiger partial charge on any atom is 0.344 e. The van der Waals surface area contributed by atoms with Crippen molar-refractivity contribution in [3.8, 4) is 33.8 Å². The summed E-state index contributed by atoms with van der Waals surface area (Å²) in [4.78, 5) is 25.9. The quantitative estimate of drug-likeness (QED) is 0.216. The molecular weight excluding hydrogens is 456 g/mol. The van der Waals surface area contributed by atoms with Gasteiger partial charge in [0.15, 0.2) is 0 Å². The van der Waals surface area contributed by atoms with Gasteiger partial charge in [-0.2, -0.15) is 0 Å². The summed E-state index contributed by atoms with van der Waals surface area (Å²) >= 11 is 0. The summed E-state index contributed by atoms with van der Waals surface area (Å²) in [5, 5.41) is 3.53. The molecule has 0 saturated carbocycles. The van der Waals surface area contributed by atoms with E-state index in [1.165, 1.54) is 7.11 Å². The smallest absolute Gasteiger partial charge is 0.344 e. The van der Waals surface area contributed by atoms with Gasteiger partial charge in [-0.3, -0.25) is 0 Å². The molecule has 0 amide bonds. The Morgan fingerprint density at radius 2 is 1.28 bits per heavy atom. The van der Waals surface area contributed by atoms with Crippen molar-refractivity contribution in [2.45, 2.75) is 0 Å². The Balaban J connectivity index is 1.54. The highest BCUT2D eigenvalue weighted by Crippen LogP contribution is 2.34. The summed E-state index contributed by atoms with van der Waals surface area (Å²) in [5.41, 5.74) is 1.93. The van der Waals surface area contributed by atoms with Crippen molar-refractivity contribution in [3.63, 3.8) is 0 Å². The number of benzene rings is 4. The average molecular weight is 476 g/mol. The lowest BCUT2D eigenvalue weighted by Crippen LogP contribution is -2.05. The van der Waals surface area contributed by atoms with E-state index in [2.05, 4.69) is 0 Å². The van der Waals surface area contributed by atoms with E-state index in [0.717, 1.165) is 16.2 Å². The fraction of sp³-hybridized carbons (Fsp3) is 0.0667. The zero-order valence-electron chi connectivity index (χ0n) is 19.5. The summed E-state index contributed by atoms with van der Waals surface area (Å²) in [6.07, 6.45) is 0. The number of rotatable bonds is 4. The van der Waals surface area contributed by atoms with Gasteiger partial charge < -0.3 is 18.3 Å². The van der Waals surface area contributed by atoms with Gasteiger partial charge in [0.2, 0.25) is 0 Å². The van der Waals surface area contributed by atoms with Crippen LogP contribution in [0.5, 0.6) is 11.5 Å². The third-order valence-electron chi connectivity index (χ3n) is 6.37. The third kappa shape index (κ3) is 3.51. The normalized spacial score (nSPS) is 11.3. The van der Waals surface area contributed by atoms with Crippen molar-refractivity contribution < 1.29 is 18.3 Å². The predicted octanol–water partition coefficient (Wildman–Crippen LogP) is 6.40. The molecule has 0 spiro atoms. The molecule has 0 aliphatic heterocycles. The van der Waals surface area contributed by atoms with Crippen LogP contribution in [0.2, 0.25) is 0 Å². The molecule has 0 radical (unpaired) electrons. The highest BCUT2D eigenvalue weighted by Gasteiger charge is 2.15. The van der Waals surface area contributed by atoms with Crippen LogP contribution in [0.15, 0.2) is 103 Å².